The fraction of sp³-hybridized carbons (Fsp3) is 0.750. The molecule has 4 nitrogen and oxygen atoms in total. The van der Waals surface area contributed by atoms with Gasteiger partial charge in [-0.1, -0.05) is 77.3 Å². The fourth-order valence-electron chi connectivity index (χ4n) is 3.45. The van der Waals surface area contributed by atoms with Gasteiger partial charge in [-0.05, 0) is 56.7 Å². The Morgan fingerprint density at radius 2 is 1.40 bits per heavy atom. The molecule has 0 saturated carbocycles. The van der Waals surface area contributed by atoms with Crippen molar-refractivity contribution in [3.05, 3.63) is 29.3 Å². The first-order chi connectivity index (χ1) is 13.8. The van der Waals surface area contributed by atoms with Gasteiger partial charge < -0.3 is 9.29 Å². The van der Waals surface area contributed by atoms with Crippen LogP contribution >= 0.6 is 0 Å². The summed E-state index contributed by atoms with van der Waals surface area (Å²) in [5.74, 6) is 0.745. The molecule has 6 heteroatoms. The molecule has 1 aromatic carbocycles. The summed E-state index contributed by atoms with van der Waals surface area (Å²) in [6.07, 6.45) is 13.4. The minimum atomic E-state index is -4.37. The fourth-order valence-corrected chi connectivity index (χ4v) is 3.98. The monoisotopic (exact) mass is 448 g/mol. The molecule has 0 radical (unpaired) electrons. The first-order valence-corrected chi connectivity index (χ1v) is 13.0. The van der Waals surface area contributed by atoms with Gasteiger partial charge in [-0.3, -0.25) is 0 Å². The average Bonchev–Trinajstić information content (AvgIpc) is 2.67. The van der Waals surface area contributed by atoms with E-state index in [1.807, 2.05) is 0 Å². The number of unbranched alkanes of at least 4 members (excludes halogenated alkanes) is 8. The quantitative estimate of drug-likeness (QED) is 0.221. The van der Waals surface area contributed by atoms with Crippen molar-refractivity contribution in [3.63, 3.8) is 0 Å². The summed E-state index contributed by atoms with van der Waals surface area (Å²) in [5, 5.41) is -1.07. The largest absolute Gasteiger partial charge is 1.00 e. The van der Waals surface area contributed by atoms with Gasteiger partial charge in [-0.15, -0.1) is 0 Å². The van der Waals surface area contributed by atoms with Crippen LogP contribution in [0.1, 0.15) is 103 Å². The van der Waals surface area contributed by atoms with Gasteiger partial charge >= 0.3 is 29.6 Å². The molecule has 0 aliphatic carbocycles. The van der Waals surface area contributed by atoms with Gasteiger partial charge in [-0.25, -0.2) is 8.42 Å². The van der Waals surface area contributed by atoms with Crippen LogP contribution in [-0.2, 0) is 23.0 Å². The third kappa shape index (κ3) is 12.1. The summed E-state index contributed by atoms with van der Waals surface area (Å²) in [6, 6.07) is 6.36. The maximum atomic E-state index is 11.4. The molecule has 0 fully saturated rings. The zero-order chi connectivity index (χ0) is 21.7. The maximum absolute atomic E-state index is 11.4. The van der Waals surface area contributed by atoms with E-state index < -0.39 is 21.5 Å². The standard InChI is InChI=1S/C24H42O4S.Na/c1-5-7-9-11-13-15-22-17-18-23(16-14-12-10-8-6-2)24(19-22)28-20(3)21(4)29(25,26)27;/h17-21H,5-16H2,1-4H3,(H,25,26,27);/q;+1/p-1. The van der Waals surface area contributed by atoms with Crippen LogP contribution in [0, 0.1) is 0 Å². The molecule has 0 spiro atoms. The van der Waals surface area contributed by atoms with Gasteiger partial charge in [0.2, 0.25) is 0 Å². The Labute approximate surface area is 207 Å². The number of rotatable bonds is 16. The van der Waals surface area contributed by atoms with Crippen molar-refractivity contribution in [2.24, 2.45) is 0 Å². The summed E-state index contributed by atoms with van der Waals surface area (Å²) >= 11 is 0. The molecular weight excluding hydrogens is 407 g/mol. The third-order valence-corrected chi connectivity index (χ3v) is 6.97. The number of hydrogen-bond donors (Lipinski definition) is 0. The summed E-state index contributed by atoms with van der Waals surface area (Å²) in [7, 11) is -4.37. The van der Waals surface area contributed by atoms with Crippen LogP contribution in [0.5, 0.6) is 5.75 Å². The molecule has 0 heterocycles. The van der Waals surface area contributed by atoms with E-state index in [-0.39, 0.29) is 29.6 Å². The molecule has 0 N–H and O–H groups in total. The van der Waals surface area contributed by atoms with Crippen LogP contribution in [0.2, 0.25) is 0 Å². The molecule has 0 aliphatic rings. The van der Waals surface area contributed by atoms with E-state index in [9.17, 15) is 13.0 Å². The Kier molecular flexibility index (Phi) is 16.5. The van der Waals surface area contributed by atoms with E-state index in [0.29, 0.717) is 0 Å². The van der Waals surface area contributed by atoms with Gasteiger partial charge in [0.1, 0.15) is 22.0 Å². The normalized spacial score (nSPS) is 13.5. The van der Waals surface area contributed by atoms with Gasteiger partial charge in [0.25, 0.3) is 0 Å². The number of hydrogen-bond acceptors (Lipinski definition) is 4. The number of aryl methyl sites for hydroxylation is 2. The predicted octanol–water partition coefficient (Wildman–Crippen LogP) is 3.42. The Bertz CT molecular complexity index is 676. The summed E-state index contributed by atoms with van der Waals surface area (Å²) in [6.45, 7) is 7.52. The second-order valence-corrected chi connectivity index (χ2v) is 10.0. The van der Waals surface area contributed by atoms with Crippen LogP contribution < -0.4 is 34.3 Å². The van der Waals surface area contributed by atoms with Gasteiger partial charge in [0, 0.05) is 0 Å². The number of benzene rings is 1. The van der Waals surface area contributed by atoms with Crippen LogP contribution in [0.15, 0.2) is 18.2 Å². The SMILES string of the molecule is CCCCCCCc1ccc(CCCCCCC)c(OC(C)C(C)S(=O)(=O)[O-])c1.[Na+]. The second-order valence-electron chi connectivity index (χ2n) is 8.29. The molecule has 2 unspecified atom stereocenters. The van der Waals surface area contributed by atoms with Gasteiger partial charge in [0.05, 0.1) is 5.25 Å². The number of ether oxygens (including phenoxy) is 1. The molecule has 0 saturated heterocycles. The van der Waals surface area contributed by atoms with Crippen molar-refractivity contribution in [3.8, 4) is 5.75 Å². The van der Waals surface area contributed by atoms with Crippen LogP contribution in [-0.4, -0.2) is 24.3 Å². The van der Waals surface area contributed by atoms with Crippen molar-refractivity contribution in [2.75, 3.05) is 0 Å². The maximum Gasteiger partial charge on any atom is 1.00 e. The van der Waals surface area contributed by atoms with Crippen molar-refractivity contribution in [1.82, 2.24) is 0 Å². The molecule has 168 valence electrons. The summed E-state index contributed by atoms with van der Waals surface area (Å²) in [5.41, 5.74) is 2.33. The zero-order valence-electron chi connectivity index (χ0n) is 19.9. The van der Waals surface area contributed by atoms with E-state index in [4.69, 9.17) is 4.74 Å². The predicted molar refractivity (Wildman–Crippen MR) is 121 cm³/mol. The zero-order valence-corrected chi connectivity index (χ0v) is 22.7. The summed E-state index contributed by atoms with van der Waals surface area (Å²) in [4.78, 5) is 0. The molecule has 0 bridgehead atoms. The Balaban J connectivity index is 0.00000841. The third-order valence-electron chi connectivity index (χ3n) is 5.68. The minimum Gasteiger partial charge on any atom is -0.748 e. The van der Waals surface area contributed by atoms with Crippen molar-refractivity contribution < 1.29 is 47.3 Å². The topological polar surface area (TPSA) is 66.4 Å². The Morgan fingerprint density at radius 1 is 0.867 bits per heavy atom. The first kappa shape index (κ1) is 29.9. The molecule has 1 aromatic rings. The van der Waals surface area contributed by atoms with Crippen molar-refractivity contribution in [2.45, 2.75) is 116 Å². The smallest absolute Gasteiger partial charge is 0.748 e. The Hall–Kier alpha value is -0.0700. The second kappa shape index (κ2) is 16.5. The van der Waals surface area contributed by atoms with Crippen LogP contribution in [0.25, 0.3) is 0 Å². The molecule has 0 aromatic heterocycles. The molecule has 0 amide bonds. The van der Waals surface area contributed by atoms with E-state index in [2.05, 4.69) is 32.0 Å². The van der Waals surface area contributed by atoms with Crippen molar-refractivity contribution >= 4 is 10.1 Å². The summed E-state index contributed by atoms with van der Waals surface area (Å²) < 4.78 is 40.2. The van der Waals surface area contributed by atoms with E-state index >= 15 is 0 Å². The van der Waals surface area contributed by atoms with E-state index in [1.165, 1.54) is 63.9 Å². The molecule has 0 aliphatic heterocycles. The molecule has 30 heavy (non-hydrogen) atoms. The first-order valence-electron chi connectivity index (χ1n) is 11.5. The van der Waals surface area contributed by atoms with Crippen molar-refractivity contribution in [1.29, 1.82) is 0 Å². The molecular formula is C24H41NaO4S. The molecule has 1 rings (SSSR count). The van der Waals surface area contributed by atoms with Crippen LogP contribution in [0.3, 0.4) is 0 Å². The molecule has 2 atom stereocenters. The minimum absolute atomic E-state index is 0. The van der Waals surface area contributed by atoms with Crippen LogP contribution in [0.4, 0.5) is 0 Å². The van der Waals surface area contributed by atoms with E-state index in [0.717, 1.165) is 37.0 Å². The van der Waals surface area contributed by atoms with E-state index in [1.54, 1.807) is 6.92 Å². The average molecular weight is 449 g/mol. The van der Waals surface area contributed by atoms with Gasteiger partial charge in [-0.2, -0.15) is 0 Å². The van der Waals surface area contributed by atoms with Gasteiger partial charge in [0.15, 0.2) is 0 Å². The Morgan fingerprint density at radius 3 is 1.93 bits per heavy atom.